The number of hydrogen-bond acceptors (Lipinski definition) is 3. The number of hydrogen-bond donors (Lipinski definition) is 1. The molecule has 2 rings (SSSR count). The second kappa shape index (κ2) is 5.46. The number of nitrogens with one attached hydrogen (secondary N) is 1. The lowest BCUT2D eigenvalue weighted by Crippen LogP contribution is -2.23. The first-order chi connectivity index (χ1) is 8.74. The number of Topliss-reactive ketones (excluding diaryl/α,β-unsaturated/α-hetero) is 1. The summed E-state index contributed by atoms with van der Waals surface area (Å²) in [6.45, 7) is 0.755. The van der Waals surface area contributed by atoms with Crippen molar-refractivity contribution < 1.29 is 9.18 Å². The van der Waals surface area contributed by atoms with Gasteiger partial charge in [-0.3, -0.25) is 4.79 Å². The minimum Gasteiger partial charge on any atom is -0.387 e. The Hall–Kier alpha value is -2.15. The third-order valence-electron chi connectivity index (χ3n) is 2.95. The number of nitrogens with zero attached hydrogens (tertiary/aromatic N) is 1. The molecule has 4 heteroatoms. The van der Waals surface area contributed by atoms with E-state index in [1.807, 2.05) is 6.07 Å². The van der Waals surface area contributed by atoms with Gasteiger partial charge < -0.3 is 5.32 Å². The Labute approximate surface area is 105 Å². The summed E-state index contributed by atoms with van der Waals surface area (Å²) in [5.74, 6) is -1.13. The SMILES string of the molecule is N#C/C(C(=O)c1ccccc1F)=C1/CCCCN1. The third-order valence-corrected chi connectivity index (χ3v) is 2.95. The average Bonchev–Trinajstić information content (AvgIpc) is 2.41. The molecule has 0 aromatic heterocycles. The summed E-state index contributed by atoms with van der Waals surface area (Å²) >= 11 is 0. The second-order valence-corrected chi connectivity index (χ2v) is 4.16. The Morgan fingerprint density at radius 2 is 2.11 bits per heavy atom. The van der Waals surface area contributed by atoms with Gasteiger partial charge in [0.2, 0.25) is 5.78 Å². The van der Waals surface area contributed by atoms with Gasteiger partial charge in [-0.15, -0.1) is 0 Å². The van der Waals surface area contributed by atoms with Crippen LogP contribution in [-0.2, 0) is 0 Å². The molecule has 1 aliphatic rings. The molecule has 0 saturated carbocycles. The quantitative estimate of drug-likeness (QED) is 0.494. The van der Waals surface area contributed by atoms with E-state index >= 15 is 0 Å². The minimum absolute atomic E-state index is 0.0276. The molecule has 1 saturated heterocycles. The lowest BCUT2D eigenvalue weighted by atomic mass is 9.98. The molecule has 3 nitrogen and oxygen atoms in total. The Kier molecular flexibility index (Phi) is 3.73. The van der Waals surface area contributed by atoms with Gasteiger partial charge in [0, 0.05) is 12.2 Å². The average molecular weight is 244 g/mol. The maximum atomic E-state index is 13.5. The number of piperidine rings is 1. The largest absolute Gasteiger partial charge is 0.387 e. The molecule has 0 radical (unpaired) electrons. The van der Waals surface area contributed by atoms with E-state index in [0.717, 1.165) is 19.4 Å². The van der Waals surface area contributed by atoms with Crippen LogP contribution in [0.5, 0.6) is 0 Å². The predicted molar refractivity (Wildman–Crippen MR) is 65.2 cm³/mol. The van der Waals surface area contributed by atoms with Gasteiger partial charge in [0.1, 0.15) is 17.5 Å². The van der Waals surface area contributed by atoms with Crippen LogP contribution < -0.4 is 5.32 Å². The van der Waals surface area contributed by atoms with Crippen molar-refractivity contribution in [1.29, 1.82) is 5.26 Å². The summed E-state index contributed by atoms with van der Waals surface area (Å²) in [5.41, 5.74) is 0.616. The van der Waals surface area contributed by atoms with Crippen LogP contribution in [0.4, 0.5) is 4.39 Å². The zero-order chi connectivity index (χ0) is 13.0. The molecule has 0 atom stereocenters. The summed E-state index contributed by atoms with van der Waals surface area (Å²) in [5, 5.41) is 12.2. The first-order valence-corrected chi connectivity index (χ1v) is 5.90. The topological polar surface area (TPSA) is 52.9 Å². The molecule has 0 aliphatic carbocycles. The number of benzene rings is 1. The summed E-state index contributed by atoms with van der Waals surface area (Å²) in [6.07, 6.45) is 2.64. The molecule has 0 spiro atoms. The lowest BCUT2D eigenvalue weighted by molar-refractivity contribution is 0.103. The van der Waals surface area contributed by atoms with Crippen LogP contribution in [0.25, 0.3) is 0 Å². The molecule has 1 aromatic carbocycles. The van der Waals surface area contributed by atoms with E-state index in [0.29, 0.717) is 12.1 Å². The van der Waals surface area contributed by atoms with Crippen LogP contribution in [0.3, 0.4) is 0 Å². The summed E-state index contributed by atoms with van der Waals surface area (Å²) in [4.78, 5) is 12.1. The predicted octanol–water partition coefficient (Wildman–Crippen LogP) is 2.56. The molecule has 1 N–H and O–H groups in total. The van der Waals surface area contributed by atoms with Crippen LogP contribution in [0, 0.1) is 17.1 Å². The Morgan fingerprint density at radius 1 is 1.33 bits per heavy atom. The molecule has 1 aromatic rings. The number of nitriles is 1. The second-order valence-electron chi connectivity index (χ2n) is 4.16. The monoisotopic (exact) mass is 244 g/mol. The minimum atomic E-state index is -0.591. The van der Waals surface area contributed by atoms with Crippen LogP contribution in [-0.4, -0.2) is 12.3 Å². The number of carbonyl (C=O) groups is 1. The van der Waals surface area contributed by atoms with E-state index < -0.39 is 11.6 Å². The van der Waals surface area contributed by atoms with Crippen molar-refractivity contribution in [1.82, 2.24) is 5.32 Å². The molecule has 1 aliphatic heterocycles. The van der Waals surface area contributed by atoms with Gasteiger partial charge in [-0.2, -0.15) is 5.26 Å². The van der Waals surface area contributed by atoms with Crippen molar-refractivity contribution >= 4 is 5.78 Å². The zero-order valence-corrected chi connectivity index (χ0v) is 9.87. The van der Waals surface area contributed by atoms with Crippen molar-refractivity contribution in [2.24, 2.45) is 0 Å². The van der Waals surface area contributed by atoms with Gasteiger partial charge in [-0.25, -0.2) is 4.39 Å². The fourth-order valence-electron chi connectivity index (χ4n) is 2.00. The first kappa shape index (κ1) is 12.3. The Morgan fingerprint density at radius 3 is 2.72 bits per heavy atom. The Bertz CT molecular complexity index is 535. The standard InChI is InChI=1S/C14H13FN2O/c15-12-6-2-1-5-10(12)14(18)11(9-16)13-7-3-4-8-17-13/h1-2,5-6,17H,3-4,7-8H2/b13-11+. The first-order valence-electron chi connectivity index (χ1n) is 5.90. The van der Waals surface area contributed by atoms with Crippen LogP contribution in [0.15, 0.2) is 35.5 Å². The normalized spacial score (nSPS) is 17.6. The van der Waals surface area contributed by atoms with Crippen molar-refractivity contribution in [2.75, 3.05) is 6.54 Å². The molecule has 1 fully saturated rings. The highest BCUT2D eigenvalue weighted by Crippen LogP contribution is 2.19. The number of halogens is 1. The zero-order valence-electron chi connectivity index (χ0n) is 9.87. The van der Waals surface area contributed by atoms with E-state index in [-0.39, 0.29) is 11.1 Å². The van der Waals surface area contributed by atoms with Gasteiger partial charge in [0.25, 0.3) is 0 Å². The summed E-state index contributed by atoms with van der Waals surface area (Å²) in [7, 11) is 0. The highest BCUT2D eigenvalue weighted by molar-refractivity contribution is 6.11. The van der Waals surface area contributed by atoms with Gasteiger partial charge in [0.05, 0.1) is 5.56 Å². The van der Waals surface area contributed by atoms with Gasteiger partial charge in [-0.05, 0) is 31.4 Å². The third kappa shape index (κ3) is 2.40. The molecule has 0 unspecified atom stereocenters. The fraction of sp³-hybridized carbons (Fsp3) is 0.286. The summed E-state index contributed by atoms with van der Waals surface area (Å²) in [6, 6.07) is 7.63. The smallest absolute Gasteiger partial charge is 0.208 e. The molecule has 0 amide bonds. The Balaban J connectivity index is 2.38. The number of carbonyl (C=O) groups excluding carboxylic acids is 1. The number of ketones is 1. The van der Waals surface area contributed by atoms with Crippen molar-refractivity contribution in [3.63, 3.8) is 0 Å². The van der Waals surface area contributed by atoms with Crippen LogP contribution in [0.1, 0.15) is 29.6 Å². The van der Waals surface area contributed by atoms with Crippen LogP contribution >= 0.6 is 0 Å². The lowest BCUT2D eigenvalue weighted by Gasteiger charge is -2.18. The fourth-order valence-corrected chi connectivity index (χ4v) is 2.00. The maximum Gasteiger partial charge on any atom is 0.208 e. The van der Waals surface area contributed by atoms with Crippen LogP contribution in [0.2, 0.25) is 0 Å². The molecule has 92 valence electrons. The van der Waals surface area contributed by atoms with Gasteiger partial charge in [-0.1, -0.05) is 12.1 Å². The molecular formula is C14H13FN2O. The molecule has 0 bridgehead atoms. The number of allylic oxidation sites excluding steroid dienone is 2. The van der Waals surface area contributed by atoms with Gasteiger partial charge in [0.15, 0.2) is 0 Å². The molecular weight excluding hydrogens is 231 g/mol. The van der Waals surface area contributed by atoms with E-state index in [1.54, 1.807) is 6.07 Å². The maximum absolute atomic E-state index is 13.5. The van der Waals surface area contributed by atoms with E-state index in [9.17, 15) is 9.18 Å². The van der Waals surface area contributed by atoms with E-state index in [4.69, 9.17) is 5.26 Å². The van der Waals surface area contributed by atoms with Crippen molar-refractivity contribution in [2.45, 2.75) is 19.3 Å². The van der Waals surface area contributed by atoms with E-state index in [1.165, 1.54) is 18.2 Å². The molecule has 1 heterocycles. The molecule has 18 heavy (non-hydrogen) atoms. The highest BCUT2D eigenvalue weighted by Gasteiger charge is 2.21. The van der Waals surface area contributed by atoms with Crippen molar-refractivity contribution in [3.8, 4) is 6.07 Å². The van der Waals surface area contributed by atoms with E-state index in [2.05, 4.69) is 5.32 Å². The highest BCUT2D eigenvalue weighted by atomic mass is 19.1. The summed E-state index contributed by atoms with van der Waals surface area (Å²) < 4.78 is 13.5. The van der Waals surface area contributed by atoms with Crippen molar-refractivity contribution in [3.05, 3.63) is 46.9 Å². The number of rotatable bonds is 2. The van der Waals surface area contributed by atoms with Gasteiger partial charge >= 0.3 is 0 Å².